The molecule has 0 saturated carbocycles. The number of nitrogens with two attached hydrogens (primary N) is 1. The number of anilines is 2. The summed E-state index contributed by atoms with van der Waals surface area (Å²) in [7, 11) is 3.38. The highest BCUT2D eigenvalue weighted by molar-refractivity contribution is 5.84. The van der Waals surface area contributed by atoms with Crippen molar-refractivity contribution in [2.45, 2.75) is 25.5 Å². The van der Waals surface area contributed by atoms with Crippen LogP contribution in [0.15, 0.2) is 6.07 Å². The number of carbonyl (C=O) groups is 1. The molecule has 0 aromatic carbocycles. The van der Waals surface area contributed by atoms with Crippen molar-refractivity contribution in [1.29, 1.82) is 0 Å². The predicted octanol–water partition coefficient (Wildman–Crippen LogP) is 0.119. The molecule has 19 heavy (non-hydrogen) atoms. The fourth-order valence-electron chi connectivity index (χ4n) is 2.29. The largest absolute Gasteiger partial charge is 0.377 e. The second-order valence-corrected chi connectivity index (χ2v) is 4.46. The third-order valence-electron chi connectivity index (χ3n) is 3.16. The maximum Gasteiger partial charge on any atom is 0.240 e. The van der Waals surface area contributed by atoms with Crippen molar-refractivity contribution >= 4 is 17.5 Å². The molecule has 1 fully saturated rings. The van der Waals surface area contributed by atoms with Gasteiger partial charge in [-0.05, 0) is 12.8 Å². The van der Waals surface area contributed by atoms with Crippen molar-refractivity contribution in [2.75, 3.05) is 30.9 Å². The zero-order valence-corrected chi connectivity index (χ0v) is 11.2. The lowest BCUT2D eigenvalue weighted by molar-refractivity contribution is -0.119. The minimum Gasteiger partial charge on any atom is -0.377 e. The van der Waals surface area contributed by atoms with Crippen molar-refractivity contribution in [3.63, 3.8) is 0 Å². The summed E-state index contributed by atoms with van der Waals surface area (Å²) in [4.78, 5) is 22.1. The lowest BCUT2D eigenvalue weighted by Crippen LogP contribution is -2.40. The second kappa shape index (κ2) is 5.83. The van der Waals surface area contributed by atoms with Crippen LogP contribution in [-0.4, -0.2) is 42.6 Å². The molecule has 7 heteroatoms. The Bertz CT molecular complexity index is 465. The first-order chi connectivity index (χ1) is 9.15. The zero-order chi connectivity index (χ0) is 13.8. The van der Waals surface area contributed by atoms with Crippen LogP contribution in [0.25, 0.3) is 0 Å². The maximum absolute atomic E-state index is 11.4. The van der Waals surface area contributed by atoms with Gasteiger partial charge >= 0.3 is 0 Å². The molecule has 1 aliphatic rings. The molecule has 0 aliphatic carbocycles. The first-order valence-corrected chi connectivity index (χ1v) is 6.26. The molecule has 1 saturated heterocycles. The number of methoxy groups -OCH3 is 1. The third-order valence-corrected chi connectivity index (χ3v) is 3.16. The van der Waals surface area contributed by atoms with E-state index in [0.29, 0.717) is 24.1 Å². The van der Waals surface area contributed by atoms with Crippen molar-refractivity contribution in [1.82, 2.24) is 9.97 Å². The molecule has 2 heterocycles. The molecule has 3 N–H and O–H groups in total. The molecule has 1 aromatic rings. The van der Waals surface area contributed by atoms with Crippen LogP contribution < -0.4 is 16.0 Å². The van der Waals surface area contributed by atoms with Crippen LogP contribution in [0.3, 0.4) is 0 Å². The average Bonchev–Trinajstić information content (AvgIpc) is 2.88. The smallest absolute Gasteiger partial charge is 0.240 e. The van der Waals surface area contributed by atoms with Gasteiger partial charge in [0.25, 0.3) is 0 Å². The Kier molecular flexibility index (Phi) is 4.16. The van der Waals surface area contributed by atoms with E-state index in [1.807, 2.05) is 11.0 Å². The number of hydrogen-bond acceptors (Lipinski definition) is 6. The summed E-state index contributed by atoms with van der Waals surface area (Å²) in [5, 5.41) is 2.98. The van der Waals surface area contributed by atoms with E-state index in [1.165, 1.54) is 0 Å². The van der Waals surface area contributed by atoms with Gasteiger partial charge in [0, 0.05) is 26.8 Å². The molecule has 104 valence electrons. The quantitative estimate of drug-likeness (QED) is 0.785. The van der Waals surface area contributed by atoms with Crippen LogP contribution in [0, 0.1) is 0 Å². The van der Waals surface area contributed by atoms with Gasteiger partial charge in [-0.15, -0.1) is 0 Å². The van der Waals surface area contributed by atoms with Gasteiger partial charge in [-0.25, -0.2) is 9.97 Å². The number of nitrogens with zero attached hydrogens (tertiary/aromatic N) is 3. The summed E-state index contributed by atoms with van der Waals surface area (Å²) < 4.78 is 5.06. The maximum atomic E-state index is 11.4. The predicted molar refractivity (Wildman–Crippen MR) is 71.9 cm³/mol. The van der Waals surface area contributed by atoms with E-state index < -0.39 is 0 Å². The van der Waals surface area contributed by atoms with Crippen LogP contribution in [0.2, 0.25) is 0 Å². The number of carbonyl (C=O) groups excluding carboxylic acids is 1. The molecule has 1 amide bonds. The first-order valence-electron chi connectivity index (χ1n) is 6.26. The number of nitrogens with one attached hydrogen (secondary N) is 1. The number of primary amides is 1. The molecule has 7 nitrogen and oxygen atoms in total. The summed E-state index contributed by atoms with van der Waals surface area (Å²) in [6.45, 7) is 1.11. The molecule has 0 spiro atoms. The number of hydrogen-bond donors (Lipinski definition) is 2. The van der Waals surface area contributed by atoms with Crippen LogP contribution in [0.5, 0.6) is 0 Å². The van der Waals surface area contributed by atoms with Crippen LogP contribution in [0.1, 0.15) is 18.7 Å². The minimum atomic E-state index is -0.310. The van der Waals surface area contributed by atoms with Crippen molar-refractivity contribution in [3.8, 4) is 0 Å². The highest BCUT2D eigenvalue weighted by Crippen LogP contribution is 2.25. The Labute approximate surface area is 112 Å². The Morgan fingerprint density at radius 1 is 1.63 bits per heavy atom. The molecule has 0 bridgehead atoms. The molecule has 0 radical (unpaired) electrons. The van der Waals surface area contributed by atoms with Crippen molar-refractivity contribution in [3.05, 3.63) is 11.9 Å². The average molecular weight is 265 g/mol. The van der Waals surface area contributed by atoms with Crippen LogP contribution >= 0.6 is 0 Å². The molecule has 1 unspecified atom stereocenters. The normalized spacial score (nSPS) is 18.6. The Morgan fingerprint density at radius 3 is 3.05 bits per heavy atom. The van der Waals surface area contributed by atoms with E-state index >= 15 is 0 Å². The monoisotopic (exact) mass is 265 g/mol. The van der Waals surface area contributed by atoms with E-state index in [1.54, 1.807) is 14.2 Å². The third kappa shape index (κ3) is 2.93. The Balaban J connectivity index is 2.32. The summed E-state index contributed by atoms with van der Waals surface area (Å²) in [5.41, 5.74) is 5.43. The number of amides is 1. The summed E-state index contributed by atoms with van der Waals surface area (Å²) in [5.74, 6) is 1.69. The zero-order valence-electron chi connectivity index (χ0n) is 11.2. The van der Waals surface area contributed by atoms with Crippen molar-refractivity contribution in [2.24, 2.45) is 5.73 Å². The summed E-state index contributed by atoms with van der Waals surface area (Å²) in [6.07, 6.45) is 1.71. The second-order valence-electron chi connectivity index (χ2n) is 4.46. The van der Waals surface area contributed by atoms with Gasteiger partial charge in [0.05, 0.1) is 0 Å². The van der Waals surface area contributed by atoms with Gasteiger partial charge in [0.15, 0.2) is 5.82 Å². The molecule has 1 aliphatic heterocycles. The standard InChI is InChI=1S/C12H19N5O2/c1-14-9-6-11(16-10(15-9)7-19-2)17-5-3-4-8(17)12(13)18/h6,8H,3-5,7H2,1-2H3,(H2,13,18)(H,14,15,16). The summed E-state index contributed by atoms with van der Waals surface area (Å²) >= 11 is 0. The number of ether oxygens (including phenoxy) is 1. The number of rotatable bonds is 5. The van der Waals surface area contributed by atoms with Gasteiger partial charge < -0.3 is 20.7 Å². The highest BCUT2D eigenvalue weighted by Gasteiger charge is 2.30. The van der Waals surface area contributed by atoms with Gasteiger partial charge in [-0.2, -0.15) is 0 Å². The summed E-state index contributed by atoms with van der Waals surface area (Å²) in [6, 6.07) is 1.54. The van der Waals surface area contributed by atoms with E-state index in [4.69, 9.17) is 10.5 Å². The fraction of sp³-hybridized carbons (Fsp3) is 0.583. The highest BCUT2D eigenvalue weighted by atomic mass is 16.5. The van der Waals surface area contributed by atoms with Gasteiger partial charge in [0.1, 0.15) is 24.3 Å². The molecule has 1 atom stereocenters. The van der Waals surface area contributed by atoms with Gasteiger partial charge in [-0.3, -0.25) is 4.79 Å². The van der Waals surface area contributed by atoms with E-state index in [9.17, 15) is 4.79 Å². The van der Waals surface area contributed by atoms with E-state index in [2.05, 4.69) is 15.3 Å². The lowest BCUT2D eigenvalue weighted by Gasteiger charge is -2.24. The van der Waals surface area contributed by atoms with Crippen LogP contribution in [-0.2, 0) is 16.1 Å². The van der Waals surface area contributed by atoms with Crippen molar-refractivity contribution < 1.29 is 9.53 Å². The van der Waals surface area contributed by atoms with Gasteiger partial charge in [-0.1, -0.05) is 0 Å². The minimum absolute atomic E-state index is 0.282. The molecule has 2 rings (SSSR count). The lowest BCUT2D eigenvalue weighted by atomic mass is 10.2. The number of aromatic nitrogens is 2. The van der Waals surface area contributed by atoms with E-state index in [0.717, 1.165) is 19.4 Å². The molecular formula is C12H19N5O2. The Morgan fingerprint density at radius 2 is 2.42 bits per heavy atom. The SMILES string of the molecule is CNc1cc(N2CCCC2C(N)=O)nc(COC)n1. The topological polar surface area (TPSA) is 93.4 Å². The fourth-order valence-corrected chi connectivity index (χ4v) is 2.29. The Hall–Kier alpha value is -1.89. The van der Waals surface area contributed by atoms with Crippen LogP contribution in [0.4, 0.5) is 11.6 Å². The van der Waals surface area contributed by atoms with E-state index in [-0.39, 0.29) is 11.9 Å². The molecule has 1 aromatic heterocycles. The first kappa shape index (κ1) is 13.5. The van der Waals surface area contributed by atoms with Gasteiger partial charge in [0.2, 0.25) is 5.91 Å². The molecular weight excluding hydrogens is 246 g/mol.